The Kier molecular flexibility index (Phi) is 6.05. The van der Waals surface area contributed by atoms with Crippen molar-refractivity contribution >= 4 is 28.7 Å². The van der Waals surface area contributed by atoms with E-state index in [9.17, 15) is 18.4 Å². The van der Waals surface area contributed by atoms with E-state index in [0.717, 1.165) is 27.6 Å². The van der Waals surface area contributed by atoms with Gasteiger partial charge in [0, 0.05) is 44.8 Å². The van der Waals surface area contributed by atoms with Crippen LogP contribution in [0, 0.1) is 17.0 Å². The van der Waals surface area contributed by atoms with Crippen molar-refractivity contribution in [1.29, 1.82) is 0 Å². The highest BCUT2D eigenvalue weighted by atomic mass is 32.1. The van der Waals surface area contributed by atoms with Gasteiger partial charge in [-0.1, -0.05) is 34.6 Å². The lowest BCUT2D eigenvalue weighted by Gasteiger charge is -2.39. The zero-order valence-electron chi connectivity index (χ0n) is 20.4. The number of nitrogens with one attached hydrogen (secondary N) is 2. The second kappa shape index (κ2) is 8.45. The van der Waals surface area contributed by atoms with E-state index in [1.165, 1.54) is 6.07 Å². The second-order valence-electron chi connectivity index (χ2n) is 11.0. The van der Waals surface area contributed by atoms with Gasteiger partial charge in [0.25, 0.3) is 5.91 Å². The van der Waals surface area contributed by atoms with Crippen LogP contribution in [0.25, 0.3) is 0 Å². The fourth-order valence-electron chi connectivity index (χ4n) is 4.71. The predicted molar refractivity (Wildman–Crippen MR) is 132 cm³/mol. The molecule has 2 aliphatic rings. The van der Waals surface area contributed by atoms with Crippen LogP contribution in [0.2, 0.25) is 0 Å². The van der Waals surface area contributed by atoms with E-state index in [1.54, 1.807) is 18.3 Å². The Bertz CT molecular complexity index is 1250. The number of amides is 1. The summed E-state index contributed by atoms with van der Waals surface area (Å²) in [4.78, 5) is 29.0. The first-order valence-corrected chi connectivity index (χ1v) is 12.2. The SMILES string of the molecule is CC1=C(C(=O)Nc2ccc(F)cc2F)C(c2ccc(C(C)(C)C)s2)C2=C(CC(C)(C)CC2=O)N1. The number of halogens is 2. The molecule has 7 heteroatoms. The smallest absolute Gasteiger partial charge is 0.254 e. The summed E-state index contributed by atoms with van der Waals surface area (Å²) >= 11 is 1.59. The van der Waals surface area contributed by atoms with Gasteiger partial charge in [-0.15, -0.1) is 11.3 Å². The van der Waals surface area contributed by atoms with Crippen molar-refractivity contribution in [1.82, 2.24) is 5.32 Å². The number of benzene rings is 1. The minimum Gasteiger partial charge on any atom is -0.362 e. The van der Waals surface area contributed by atoms with Crippen LogP contribution < -0.4 is 10.6 Å². The molecule has 1 atom stereocenters. The van der Waals surface area contributed by atoms with E-state index in [0.29, 0.717) is 29.7 Å². The standard InChI is InChI=1S/C27H30F2N2O2S/c1-14-22(25(33)31-17-8-7-15(28)11-16(17)29)24(20-9-10-21(34-20)26(2,3)4)23-18(30-14)12-27(5,6)13-19(23)32/h7-11,24,30H,12-13H2,1-6H3,(H,31,33). The van der Waals surface area contributed by atoms with Crippen LogP contribution in [0.4, 0.5) is 14.5 Å². The number of thiophene rings is 1. The van der Waals surface area contributed by atoms with Crippen LogP contribution in [0.3, 0.4) is 0 Å². The highest BCUT2D eigenvalue weighted by Crippen LogP contribution is 2.48. The van der Waals surface area contributed by atoms with Gasteiger partial charge >= 0.3 is 0 Å². The van der Waals surface area contributed by atoms with Gasteiger partial charge in [0.05, 0.1) is 11.6 Å². The van der Waals surface area contributed by atoms with E-state index in [4.69, 9.17) is 0 Å². The average Bonchev–Trinajstić information content (AvgIpc) is 3.18. The van der Waals surface area contributed by atoms with E-state index in [-0.39, 0.29) is 22.3 Å². The highest BCUT2D eigenvalue weighted by molar-refractivity contribution is 7.12. The molecule has 0 saturated heterocycles. The van der Waals surface area contributed by atoms with Crippen molar-refractivity contribution in [2.45, 2.75) is 65.7 Å². The lowest BCUT2D eigenvalue weighted by molar-refractivity contribution is -0.118. The molecule has 4 rings (SSSR count). The number of rotatable bonds is 3. The number of ketones is 1. The van der Waals surface area contributed by atoms with Crippen LogP contribution in [0.1, 0.15) is 70.1 Å². The molecule has 2 N–H and O–H groups in total. The van der Waals surface area contributed by atoms with Gasteiger partial charge in [0.15, 0.2) is 5.78 Å². The first kappa shape index (κ1) is 24.3. The zero-order valence-corrected chi connectivity index (χ0v) is 21.2. The van der Waals surface area contributed by atoms with Crippen molar-refractivity contribution in [2.75, 3.05) is 5.32 Å². The number of Topliss-reactive ketones (excluding diaryl/α,β-unsaturated/α-hetero) is 1. The van der Waals surface area contributed by atoms with Crippen LogP contribution in [-0.4, -0.2) is 11.7 Å². The van der Waals surface area contributed by atoms with Crippen molar-refractivity contribution in [2.24, 2.45) is 5.41 Å². The van der Waals surface area contributed by atoms with Crippen LogP contribution >= 0.6 is 11.3 Å². The van der Waals surface area contributed by atoms with E-state index < -0.39 is 23.5 Å². The number of carbonyl (C=O) groups excluding carboxylic acids is 2. The third-order valence-corrected chi connectivity index (χ3v) is 7.89. The maximum Gasteiger partial charge on any atom is 0.254 e. The molecule has 1 aliphatic carbocycles. The maximum absolute atomic E-state index is 14.3. The minimum absolute atomic E-state index is 0.0141. The largest absolute Gasteiger partial charge is 0.362 e. The Morgan fingerprint density at radius 3 is 2.47 bits per heavy atom. The number of carbonyl (C=O) groups is 2. The number of hydrogen-bond donors (Lipinski definition) is 2. The van der Waals surface area contributed by atoms with Crippen molar-refractivity contribution in [3.05, 3.63) is 74.3 Å². The van der Waals surface area contributed by atoms with Gasteiger partial charge in [-0.25, -0.2) is 8.78 Å². The Balaban J connectivity index is 1.81. The molecular formula is C27H30F2N2O2S. The fourth-order valence-corrected chi connectivity index (χ4v) is 5.90. The molecule has 2 heterocycles. The molecule has 0 fully saturated rings. The summed E-state index contributed by atoms with van der Waals surface area (Å²) in [5.74, 6) is -2.63. The summed E-state index contributed by atoms with van der Waals surface area (Å²) in [5, 5.41) is 5.90. The summed E-state index contributed by atoms with van der Waals surface area (Å²) < 4.78 is 27.7. The first-order valence-electron chi connectivity index (χ1n) is 11.4. The highest BCUT2D eigenvalue weighted by Gasteiger charge is 2.43. The topological polar surface area (TPSA) is 58.2 Å². The molecule has 180 valence electrons. The van der Waals surface area contributed by atoms with E-state index >= 15 is 0 Å². The molecule has 1 aromatic carbocycles. The first-order chi connectivity index (χ1) is 15.8. The number of allylic oxidation sites excluding steroid dienone is 3. The molecule has 0 spiro atoms. The number of anilines is 1. The van der Waals surface area contributed by atoms with E-state index in [1.807, 2.05) is 12.1 Å². The Labute approximate surface area is 203 Å². The molecule has 4 nitrogen and oxygen atoms in total. The summed E-state index contributed by atoms with van der Waals surface area (Å²) in [6.07, 6.45) is 1.09. The molecule has 34 heavy (non-hydrogen) atoms. The molecular weight excluding hydrogens is 454 g/mol. The van der Waals surface area contributed by atoms with Gasteiger partial charge < -0.3 is 10.6 Å². The van der Waals surface area contributed by atoms with Gasteiger partial charge in [-0.3, -0.25) is 9.59 Å². The van der Waals surface area contributed by atoms with Crippen LogP contribution in [0.5, 0.6) is 0 Å². The third-order valence-electron chi connectivity index (χ3n) is 6.31. The van der Waals surface area contributed by atoms with Gasteiger partial charge in [0.1, 0.15) is 11.6 Å². The molecule has 1 amide bonds. The monoisotopic (exact) mass is 484 g/mol. The second-order valence-corrected chi connectivity index (χ2v) is 12.1. The lowest BCUT2D eigenvalue weighted by Crippen LogP contribution is -2.39. The van der Waals surface area contributed by atoms with E-state index in [2.05, 4.69) is 45.3 Å². The fraction of sp³-hybridized carbons (Fsp3) is 0.407. The minimum atomic E-state index is -0.853. The predicted octanol–water partition coefficient (Wildman–Crippen LogP) is 6.57. The van der Waals surface area contributed by atoms with Crippen molar-refractivity contribution in [3.8, 4) is 0 Å². The van der Waals surface area contributed by atoms with Crippen molar-refractivity contribution in [3.63, 3.8) is 0 Å². The number of dihydropyridines is 1. The Hall–Kier alpha value is -2.80. The molecule has 0 radical (unpaired) electrons. The Morgan fingerprint density at radius 1 is 1.15 bits per heavy atom. The molecule has 0 bridgehead atoms. The molecule has 2 aromatic rings. The number of hydrogen-bond acceptors (Lipinski definition) is 4. The zero-order chi connectivity index (χ0) is 25.0. The van der Waals surface area contributed by atoms with Crippen LogP contribution in [-0.2, 0) is 15.0 Å². The lowest BCUT2D eigenvalue weighted by atomic mass is 9.69. The summed E-state index contributed by atoms with van der Waals surface area (Å²) in [7, 11) is 0. The molecule has 1 unspecified atom stereocenters. The van der Waals surface area contributed by atoms with Gasteiger partial charge in [-0.05, 0) is 48.4 Å². The molecule has 1 aliphatic heterocycles. The van der Waals surface area contributed by atoms with Crippen LogP contribution in [0.15, 0.2) is 52.9 Å². The van der Waals surface area contributed by atoms with Gasteiger partial charge in [0.2, 0.25) is 0 Å². The molecule has 0 saturated carbocycles. The quantitative estimate of drug-likeness (QED) is 0.518. The van der Waals surface area contributed by atoms with Gasteiger partial charge in [-0.2, -0.15) is 0 Å². The van der Waals surface area contributed by atoms with Crippen molar-refractivity contribution < 1.29 is 18.4 Å². The summed E-state index contributed by atoms with van der Waals surface area (Å²) in [6, 6.07) is 7.06. The summed E-state index contributed by atoms with van der Waals surface area (Å²) in [5.41, 5.74) is 2.08. The average molecular weight is 485 g/mol. The molecule has 1 aromatic heterocycles. The normalized spacial score (nSPS) is 20.2. The summed E-state index contributed by atoms with van der Waals surface area (Å²) in [6.45, 7) is 12.3. The Morgan fingerprint density at radius 2 is 1.85 bits per heavy atom. The third kappa shape index (κ3) is 4.58. The maximum atomic E-state index is 14.3.